The smallest absolute Gasteiger partial charge is 0.400 e. The van der Waals surface area contributed by atoms with Gasteiger partial charge in [0.1, 0.15) is 11.9 Å². The summed E-state index contributed by atoms with van der Waals surface area (Å²) >= 11 is 0. The van der Waals surface area contributed by atoms with Crippen molar-refractivity contribution < 1.29 is 18.8 Å². The zero-order valence-electron chi connectivity index (χ0n) is 11.3. The molecule has 0 N–H and O–H groups in total. The lowest BCUT2D eigenvalue weighted by Gasteiger charge is -2.02. The molecule has 1 aromatic carbocycles. The van der Waals surface area contributed by atoms with Crippen LogP contribution in [0.3, 0.4) is 0 Å². The van der Waals surface area contributed by atoms with Gasteiger partial charge in [-0.15, -0.1) is 0 Å². The van der Waals surface area contributed by atoms with Crippen LogP contribution in [0.5, 0.6) is 0 Å². The molecule has 0 aliphatic carbocycles. The van der Waals surface area contributed by atoms with Gasteiger partial charge in [0.15, 0.2) is 6.61 Å². The van der Waals surface area contributed by atoms with Crippen LogP contribution in [-0.2, 0) is 18.4 Å². The maximum atomic E-state index is 12.8. The van der Waals surface area contributed by atoms with Gasteiger partial charge in [0.05, 0.1) is 5.56 Å². The molecule has 112 valence electrons. The van der Waals surface area contributed by atoms with Crippen LogP contribution in [0.25, 0.3) is 0 Å². The van der Waals surface area contributed by atoms with Crippen LogP contribution in [0.1, 0.15) is 21.9 Å². The average molecular weight is 304 g/mol. The molecule has 2 aromatic rings. The number of carbonyl (C=O) groups is 1. The van der Waals surface area contributed by atoms with Crippen molar-refractivity contribution in [3.63, 3.8) is 0 Å². The molecular weight excluding hydrogens is 295 g/mol. The predicted molar refractivity (Wildman–Crippen MR) is 70.1 cm³/mol. The Morgan fingerprint density at radius 3 is 2.64 bits per heavy atom. The number of ether oxygens (including phenoxy) is 1. The standard InChI is InChI=1S/C13H9FN4O4/c1-17-10(6-15)12(18(20)21)16-11(17)7-22-13(19)8-2-4-9(14)5-3-8/h2-5H,7H2,1H3. The largest absolute Gasteiger partial charge is 0.451 e. The van der Waals surface area contributed by atoms with E-state index in [2.05, 4.69) is 4.98 Å². The molecule has 1 aromatic heterocycles. The monoisotopic (exact) mass is 304 g/mol. The minimum Gasteiger partial charge on any atom is -0.451 e. The summed E-state index contributed by atoms with van der Waals surface area (Å²) in [7, 11) is 1.40. The molecule has 22 heavy (non-hydrogen) atoms. The lowest BCUT2D eigenvalue weighted by atomic mass is 10.2. The Morgan fingerprint density at radius 2 is 2.14 bits per heavy atom. The van der Waals surface area contributed by atoms with E-state index in [0.29, 0.717) is 0 Å². The number of hydrogen-bond acceptors (Lipinski definition) is 6. The Labute approximate surface area is 123 Å². The molecule has 8 nitrogen and oxygen atoms in total. The Morgan fingerprint density at radius 1 is 1.50 bits per heavy atom. The fourth-order valence-electron chi connectivity index (χ4n) is 1.71. The summed E-state index contributed by atoms with van der Waals surface area (Å²) in [5.74, 6) is -1.77. The lowest BCUT2D eigenvalue weighted by molar-refractivity contribution is -0.389. The van der Waals surface area contributed by atoms with E-state index < -0.39 is 22.5 Å². The second kappa shape index (κ2) is 6.01. The molecule has 2 rings (SSSR count). The van der Waals surface area contributed by atoms with Gasteiger partial charge in [-0.2, -0.15) is 5.26 Å². The Kier molecular flexibility index (Phi) is 4.13. The molecule has 0 atom stereocenters. The number of aromatic nitrogens is 2. The van der Waals surface area contributed by atoms with Gasteiger partial charge < -0.3 is 14.9 Å². The second-order valence-corrected chi connectivity index (χ2v) is 4.21. The van der Waals surface area contributed by atoms with E-state index in [9.17, 15) is 19.3 Å². The number of nitro groups is 1. The number of esters is 1. The highest BCUT2D eigenvalue weighted by atomic mass is 19.1. The zero-order valence-corrected chi connectivity index (χ0v) is 11.3. The number of carbonyl (C=O) groups excluding carboxylic acids is 1. The molecule has 0 unspecified atom stereocenters. The molecule has 0 spiro atoms. The van der Waals surface area contributed by atoms with Gasteiger partial charge in [0.25, 0.3) is 5.82 Å². The first-order valence-corrected chi connectivity index (χ1v) is 5.96. The van der Waals surface area contributed by atoms with Crippen molar-refractivity contribution in [2.45, 2.75) is 6.61 Å². The molecular formula is C13H9FN4O4. The molecule has 0 fully saturated rings. The Bertz CT molecular complexity index is 777. The van der Waals surface area contributed by atoms with Crippen molar-refractivity contribution in [1.82, 2.24) is 9.55 Å². The van der Waals surface area contributed by atoms with E-state index in [1.54, 1.807) is 6.07 Å². The van der Waals surface area contributed by atoms with Crippen molar-refractivity contribution >= 4 is 11.8 Å². The number of imidazole rings is 1. The minimum atomic E-state index is -0.788. The third-order valence-electron chi connectivity index (χ3n) is 2.86. The van der Waals surface area contributed by atoms with E-state index in [1.165, 1.54) is 23.7 Å². The van der Waals surface area contributed by atoms with Crippen LogP contribution in [0.4, 0.5) is 10.2 Å². The lowest BCUT2D eigenvalue weighted by Crippen LogP contribution is -2.09. The van der Waals surface area contributed by atoms with E-state index in [1.807, 2.05) is 0 Å². The van der Waals surface area contributed by atoms with Crippen molar-refractivity contribution in [2.75, 3.05) is 0 Å². The summed E-state index contributed by atoms with van der Waals surface area (Å²) in [4.78, 5) is 25.4. The number of benzene rings is 1. The summed E-state index contributed by atoms with van der Waals surface area (Å²) in [6, 6.07) is 6.38. The third-order valence-corrected chi connectivity index (χ3v) is 2.86. The van der Waals surface area contributed by atoms with Crippen LogP contribution >= 0.6 is 0 Å². The third kappa shape index (κ3) is 2.90. The van der Waals surface area contributed by atoms with Crippen molar-refractivity contribution in [1.29, 1.82) is 5.26 Å². The van der Waals surface area contributed by atoms with Crippen LogP contribution in [-0.4, -0.2) is 20.4 Å². The van der Waals surface area contributed by atoms with Crippen molar-refractivity contribution in [3.05, 3.63) is 57.3 Å². The first-order valence-electron chi connectivity index (χ1n) is 5.96. The number of nitrogens with zero attached hydrogens (tertiary/aromatic N) is 4. The first-order chi connectivity index (χ1) is 10.4. The molecule has 0 saturated heterocycles. The van der Waals surface area contributed by atoms with Crippen LogP contribution < -0.4 is 0 Å². The number of rotatable bonds is 4. The molecule has 0 amide bonds. The minimum absolute atomic E-state index is 0.0544. The summed E-state index contributed by atoms with van der Waals surface area (Å²) in [5, 5.41) is 19.7. The Hall–Kier alpha value is -3.28. The molecule has 0 aliphatic heterocycles. The summed E-state index contributed by atoms with van der Waals surface area (Å²) in [6.45, 7) is -0.352. The van der Waals surface area contributed by atoms with Gasteiger partial charge in [0, 0.05) is 7.05 Å². The maximum Gasteiger partial charge on any atom is 0.400 e. The quantitative estimate of drug-likeness (QED) is 0.483. The van der Waals surface area contributed by atoms with Gasteiger partial charge in [-0.25, -0.2) is 9.18 Å². The van der Waals surface area contributed by atoms with Crippen molar-refractivity contribution in [2.24, 2.45) is 7.05 Å². The van der Waals surface area contributed by atoms with E-state index in [4.69, 9.17) is 10.00 Å². The highest BCUT2D eigenvalue weighted by molar-refractivity contribution is 5.89. The van der Waals surface area contributed by atoms with Gasteiger partial charge in [-0.3, -0.25) is 4.57 Å². The zero-order chi connectivity index (χ0) is 16.3. The summed E-state index contributed by atoms with van der Waals surface area (Å²) in [6.07, 6.45) is 0. The molecule has 0 radical (unpaired) electrons. The number of hydrogen-bond donors (Lipinski definition) is 0. The van der Waals surface area contributed by atoms with Gasteiger partial charge in [0.2, 0.25) is 5.69 Å². The van der Waals surface area contributed by atoms with E-state index in [0.717, 1.165) is 12.1 Å². The summed E-state index contributed by atoms with van der Waals surface area (Å²) in [5.41, 5.74) is -0.108. The SMILES string of the molecule is Cn1c(COC(=O)c2ccc(F)cc2)nc([N+](=O)[O-])c1C#N. The Balaban J connectivity index is 2.15. The first kappa shape index (κ1) is 15.1. The highest BCUT2D eigenvalue weighted by Crippen LogP contribution is 2.18. The van der Waals surface area contributed by atoms with Crippen LogP contribution in [0.2, 0.25) is 0 Å². The fourth-order valence-corrected chi connectivity index (χ4v) is 1.71. The van der Waals surface area contributed by atoms with Crippen LogP contribution in [0.15, 0.2) is 24.3 Å². The molecule has 9 heteroatoms. The maximum absolute atomic E-state index is 12.8. The van der Waals surface area contributed by atoms with Crippen molar-refractivity contribution in [3.8, 4) is 6.07 Å². The number of halogens is 1. The predicted octanol–water partition coefficient (Wildman–Crippen LogP) is 1.70. The van der Waals surface area contributed by atoms with E-state index in [-0.39, 0.29) is 23.7 Å². The van der Waals surface area contributed by atoms with Gasteiger partial charge in [-0.1, -0.05) is 0 Å². The molecule has 1 heterocycles. The average Bonchev–Trinajstić information content (AvgIpc) is 2.82. The van der Waals surface area contributed by atoms with Gasteiger partial charge in [-0.05, 0) is 34.2 Å². The highest BCUT2D eigenvalue weighted by Gasteiger charge is 2.26. The molecule has 0 aliphatic rings. The molecule has 0 saturated carbocycles. The van der Waals surface area contributed by atoms with Crippen LogP contribution in [0, 0.1) is 27.3 Å². The normalized spacial score (nSPS) is 10.0. The summed E-state index contributed by atoms with van der Waals surface area (Å²) < 4.78 is 18.9. The topological polar surface area (TPSA) is 111 Å². The van der Waals surface area contributed by atoms with E-state index >= 15 is 0 Å². The molecule has 0 bridgehead atoms. The number of nitriles is 1. The fraction of sp³-hybridized carbons (Fsp3) is 0.154. The second-order valence-electron chi connectivity index (χ2n) is 4.21. The van der Waals surface area contributed by atoms with Gasteiger partial charge >= 0.3 is 11.8 Å².